The third kappa shape index (κ3) is 8.72. The largest absolute Gasteiger partial charge is 0.309 e. The Morgan fingerprint density at radius 2 is 0.565 bits per heavy atom. The van der Waals surface area contributed by atoms with Crippen LogP contribution in [0, 0.1) is 0 Å². The molecule has 0 N–H and O–H groups in total. The van der Waals surface area contributed by atoms with Gasteiger partial charge < -0.3 is 18.3 Å². The fourth-order valence-corrected chi connectivity index (χ4v) is 21.0. The second-order valence-corrected chi connectivity index (χ2v) is 31.1. The summed E-state index contributed by atoms with van der Waals surface area (Å²) in [6, 6.07) is 136. The number of hydrogen-bond donors (Lipinski definition) is 0. The first-order valence-corrected chi connectivity index (χ1v) is 38.7. The lowest BCUT2D eigenvalue weighted by atomic mass is 9.93. The summed E-state index contributed by atoms with van der Waals surface area (Å²) in [5.41, 5.74) is 28.8. The maximum Gasteiger partial charge on any atom is 0.0558 e. The van der Waals surface area contributed by atoms with E-state index in [4.69, 9.17) is 0 Å². The van der Waals surface area contributed by atoms with Crippen LogP contribution in [0.1, 0.15) is 0 Å². The van der Waals surface area contributed by atoms with Crippen LogP contribution in [0.3, 0.4) is 0 Å². The minimum absolute atomic E-state index is 1.12. The molecule has 0 spiro atoms. The van der Waals surface area contributed by atoms with Gasteiger partial charge in [-0.25, -0.2) is 0 Å². The van der Waals surface area contributed by atoms with Gasteiger partial charge in [-0.2, -0.15) is 0 Å². The van der Waals surface area contributed by atoms with Gasteiger partial charge in [0.05, 0.1) is 44.1 Å². The Hall–Kier alpha value is -13.4. The fraction of sp³-hybridized carbons (Fsp3) is 0. The van der Waals surface area contributed by atoms with Crippen molar-refractivity contribution in [3.8, 4) is 89.5 Å². The van der Waals surface area contributed by atoms with Crippen molar-refractivity contribution in [2.24, 2.45) is 0 Å². The van der Waals surface area contributed by atoms with E-state index in [9.17, 15) is 0 Å². The van der Waals surface area contributed by atoms with E-state index in [-0.39, 0.29) is 0 Å². The van der Waals surface area contributed by atoms with Gasteiger partial charge in [-0.3, -0.25) is 0 Å². The number of hydrogen-bond acceptors (Lipinski definition) is 2. The van der Waals surface area contributed by atoms with E-state index in [0.717, 1.165) is 22.7 Å². The van der Waals surface area contributed by atoms with Crippen LogP contribution in [-0.2, 0) is 0 Å². The van der Waals surface area contributed by atoms with Crippen LogP contribution in [0.15, 0.2) is 384 Å². The molecule has 6 heteroatoms. The topological polar surface area (TPSA) is 19.7 Å². The maximum absolute atomic E-state index is 2.51. The number of rotatable bonds is 8. The number of para-hydroxylation sites is 3. The Labute approximate surface area is 629 Å². The van der Waals surface area contributed by atoms with Crippen molar-refractivity contribution in [2.75, 3.05) is 0 Å². The van der Waals surface area contributed by atoms with Crippen molar-refractivity contribution in [2.45, 2.75) is 19.6 Å². The van der Waals surface area contributed by atoms with E-state index in [1.54, 1.807) is 0 Å². The molecule has 0 bridgehead atoms. The van der Waals surface area contributed by atoms with Gasteiger partial charge in [-0.15, -0.1) is 0 Å². The van der Waals surface area contributed by atoms with E-state index < -0.39 is 0 Å². The summed E-state index contributed by atoms with van der Waals surface area (Å²) < 4.78 is 9.92. The highest BCUT2D eigenvalue weighted by Gasteiger charge is 2.29. The lowest BCUT2D eigenvalue weighted by molar-refractivity contribution is 1.18. The highest BCUT2D eigenvalue weighted by molar-refractivity contribution is 8.00. The Balaban J connectivity index is 0.611. The molecule has 0 fully saturated rings. The van der Waals surface area contributed by atoms with Gasteiger partial charge in [0.25, 0.3) is 0 Å². The van der Waals surface area contributed by atoms with Gasteiger partial charge in [0.1, 0.15) is 0 Å². The van der Waals surface area contributed by atoms with E-state index in [1.807, 2.05) is 23.5 Å². The first-order chi connectivity index (χ1) is 53.6. The summed E-state index contributed by atoms with van der Waals surface area (Å²) in [6.45, 7) is 0. The van der Waals surface area contributed by atoms with Gasteiger partial charge in [0, 0.05) is 96.2 Å². The SMILES string of the molecule is c1ccc(-c2cccc(-n3c4ccc(-c5cccc6c5c5ccccc5n6-c5ccc(-c6ccc7c(c6)Sc6cc8c(c9cccc-7c69)c6cc(-c7cccc9c7c7ccccc7n9-c7ccc9ccccc9c7)ccc6n8-c6ccccc6)cc5)cc4c4c5cccc6c5c(cc43)Sc3ccccc3-6)c2)cc1. The molecule has 24 rings (SSSR count). The molecule has 4 nitrogen and oxygen atoms in total. The summed E-state index contributed by atoms with van der Waals surface area (Å²) in [5, 5.41) is 17.6. The average Bonchev–Trinajstić information content (AvgIpc) is 1.48. The van der Waals surface area contributed by atoms with Gasteiger partial charge >= 0.3 is 0 Å². The molecule has 0 aliphatic carbocycles. The molecule has 6 heterocycles. The Kier molecular flexibility index (Phi) is 12.8. The zero-order valence-electron chi connectivity index (χ0n) is 58.2. The standard InChI is InChI=1S/C102H60N4S2/c1-3-20-61(21-4-1)65-24-15-27-71(54-65)106-88-53-47-68(57-84(88)100-82-35-16-33-77-75-28-11-14-41-93(75)107-95(101(77)82)60-92(100)106)73-31-18-39-89-97(73)79-29-9-12-37-85(79)103(89)70-48-42-63(43-49-70)66-45-51-76-78-34-17-36-81-99-83-56-67(46-52-87(83)104(69-25-5-2-6-26-69)91(99)59-96(102(78)81)108-94(76)58-66)74-32-19-40-90-98(74)80-30-10-13-38-86(80)105(90)72-50-44-62-22-7-8-23-64(62)55-72/h1-60H. The zero-order chi connectivity index (χ0) is 70.4. The second kappa shape index (κ2) is 23.1. The summed E-state index contributed by atoms with van der Waals surface area (Å²) in [6.07, 6.45) is 0. The van der Waals surface area contributed by atoms with Gasteiger partial charge in [-0.1, -0.05) is 266 Å². The molecule has 500 valence electrons. The van der Waals surface area contributed by atoms with Gasteiger partial charge in [0.15, 0.2) is 0 Å². The van der Waals surface area contributed by atoms with Gasteiger partial charge in [0.2, 0.25) is 0 Å². The van der Waals surface area contributed by atoms with Crippen LogP contribution in [0.4, 0.5) is 0 Å². The van der Waals surface area contributed by atoms with Crippen LogP contribution in [-0.4, -0.2) is 18.3 Å². The first-order valence-electron chi connectivity index (χ1n) is 37.1. The summed E-state index contributed by atoms with van der Waals surface area (Å²) in [4.78, 5) is 5.11. The molecule has 2 aliphatic heterocycles. The Morgan fingerprint density at radius 1 is 0.157 bits per heavy atom. The quantitative estimate of drug-likeness (QED) is 0.151. The second-order valence-electron chi connectivity index (χ2n) is 29.0. The molecule has 4 aromatic heterocycles. The Morgan fingerprint density at radius 3 is 1.23 bits per heavy atom. The third-order valence-corrected chi connectivity index (χ3v) is 25.5. The van der Waals surface area contributed by atoms with Crippen molar-refractivity contribution in [3.63, 3.8) is 0 Å². The van der Waals surface area contributed by atoms with Crippen LogP contribution >= 0.6 is 23.5 Å². The minimum atomic E-state index is 1.12. The normalized spacial score (nSPS) is 12.6. The number of benzene rings is 18. The first kappa shape index (κ1) is 60.0. The molecule has 0 saturated carbocycles. The van der Waals surface area contributed by atoms with Crippen LogP contribution in [0.2, 0.25) is 0 Å². The van der Waals surface area contributed by atoms with Crippen LogP contribution in [0.5, 0.6) is 0 Å². The minimum Gasteiger partial charge on any atom is -0.309 e. The van der Waals surface area contributed by atoms with Crippen LogP contribution < -0.4 is 0 Å². The van der Waals surface area contributed by atoms with E-state index in [0.29, 0.717) is 0 Å². The van der Waals surface area contributed by atoms with Crippen molar-refractivity contribution in [3.05, 3.63) is 364 Å². The van der Waals surface area contributed by atoms with E-state index in [1.165, 1.54) is 206 Å². The fourth-order valence-electron chi connectivity index (χ4n) is 18.7. The third-order valence-electron chi connectivity index (χ3n) is 23.3. The molecule has 108 heavy (non-hydrogen) atoms. The van der Waals surface area contributed by atoms with Gasteiger partial charge in [-0.05, 0) is 210 Å². The molecule has 0 amide bonds. The summed E-state index contributed by atoms with van der Waals surface area (Å²) in [5.74, 6) is 0. The zero-order valence-corrected chi connectivity index (χ0v) is 59.9. The molecule has 22 aromatic rings. The molecular formula is C102H60N4S2. The van der Waals surface area contributed by atoms with Crippen LogP contribution in [0.25, 0.3) is 209 Å². The number of aromatic nitrogens is 4. The van der Waals surface area contributed by atoms with E-state index in [2.05, 4.69) is 382 Å². The molecule has 0 radical (unpaired) electrons. The average molecular weight is 1410 g/mol. The Bertz CT molecular complexity index is 7660. The van der Waals surface area contributed by atoms with E-state index >= 15 is 0 Å². The number of nitrogens with zero attached hydrogens (tertiary/aromatic N) is 4. The molecule has 2 aliphatic rings. The molecule has 18 aromatic carbocycles. The predicted molar refractivity (Wildman–Crippen MR) is 457 cm³/mol. The lowest BCUT2D eigenvalue weighted by Crippen LogP contribution is -1.97. The van der Waals surface area contributed by atoms with Crippen molar-refractivity contribution >= 4 is 143 Å². The highest BCUT2D eigenvalue weighted by atomic mass is 32.2. The lowest BCUT2D eigenvalue weighted by Gasteiger charge is -2.22. The molecule has 0 unspecified atom stereocenters. The van der Waals surface area contributed by atoms with Crippen molar-refractivity contribution in [1.82, 2.24) is 18.3 Å². The predicted octanol–water partition coefficient (Wildman–Crippen LogP) is 28.5. The summed E-state index contributed by atoms with van der Waals surface area (Å²) >= 11 is 3.79. The maximum atomic E-state index is 2.51. The summed E-state index contributed by atoms with van der Waals surface area (Å²) in [7, 11) is 0. The molecule has 0 atom stereocenters. The number of fused-ring (bicyclic) bond motifs is 19. The molecular weight excluding hydrogens is 1350 g/mol. The monoisotopic (exact) mass is 1400 g/mol. The molecule has 0 saturated heterocycles. The smallest absolute Gasteiger partial charge is 0.0558 e. The van der Waals surface area contributed by atoms with Crippen molar-refractivity contribution in [1.29, 1.82) is 0 Å². The highest BCUT2D eigenvalue weighted by Crippen LogP contribution is 2.55. The van der Waals surface area contributed by atoms with Crippen molar-refractivity contribution < 1.29 is 0 Å².